The third-order valence-corrected chi connectivity index (χ3v) is 9.18. The first-order valence-corrected chi connectivity index (χ1v) is 16.4. The number of epoxide rings is 1. The van der Waals surface area contributed by atoms with Crippen LogP contribution in [0.4, 0.5) is 4.79 Å². The van der Waals surface area contributed by atoms with Gasteiger partial charge in [0.25, 0.3) is 0 Å². The highest BCUT2D eigenvalue weighted by Crippen LogP contribution is 2.47. The van der Waals surface area contributed by atoms with Gasteiger partial charge < -0.3 is 34.3 Å². The maximum atomic E-state index is 12.8. The maximum Gasteiger partial charge on any atom is 0.409 e. The lowest BCUT2D eigenvalue weighted by atomic mass is 9.86. The number of carboxylic acids is 1. The first-order chi connectivity index (χ1) is 20.8. The number of carbonyl (C=O) groups is 3. The summed E-state index contributed by atoms with van der Waals surface area (Å²) >= 11 is 0. The van der Waals surface area contributed by atoms with Crippen LogP contribution in [0, 0.1) is 17.8 Å². The van der Waals surface area contributed by atoms with Crippen molar-refractivity contribution in [2.75, 3.05) is 26.8 Å². The Hall–Kier alpha value is -2.43. The Morgan fingerprint density at radius 3 is 2.43 bits per heavy atom. The molecule has 2 amide bonds. The highest BCUT2D eigenvalue weighted by molar-refractivity contribution is 5.83. The number of methoxy groups -OCH3 is 1. The Bertz CT molecular complexity index is 992. The third kappa shape index (κ3) is 11.2. The predicted octanol–water partition coefficient (Wildman–Crippen LogP) is 5.75. The van der Waals surface area contributed by atoms with Gasteiger partial charge in [0.2, 0.25) is 5.91 Å². The van der Waals surface area contributed by atoms with Crippen LogP contribution in [0.2, 0.25) is 0 Å². The van der Waals surface area contributed by atoms with E-state index in [0.717, 1.165) is 31.3 Å². The van der Waals surface area contributed by atoms with Crippen LogP contribution < -0.4 is 5.32 Å². The number of carboxylic acid groups (broad SMARTS) is 1. The van der Waals surface area contributed by atoms with Crippen molar-refractivity contribution >= 4 is 18.0 Å². The number of allylic oxidation sites excluding steroid dienone is 3. The van der Waals surface area contributed by atoms with E-state index < -0.39 is 18.1 Å². The van der Waals surface area contributed by atoms with E-state index in [1.165, 1.54) is 4.90 Å². The van der Waals surface area contributed by atoms with Crippen LogP contribution in [0.5, 0.6) is 0 Å². The zero-order valence-corrected chi connectivity index (χ0v) is 28.5. The van der Waals surface area contributed by atoms with Crippen LogP contribution >= 0.6 is 0 Å². The summed E-state index contributed by atoms with van der Waals surface area (Å²) in [6.07, 6.45) is 9.50. The molecule has 2 fully saturated rings. The van der Waals surface area contributed by atoms with E-state index in [1.807, 2.05) is 13.8 Å². The van der Waals surface area contributed by atoms with Gasteiger partial charge in [0, 0.05) is 32.5 Å². The molecule has 0 bridgehead atoms. The zero-order valence-electron chi connectivity index (χ0n) is 28.5. The Morgan fingerprint density at radius 1 is 1.16 bits per heavy atom. The highest BCUT2D eigenvalue weighted by Gasteiger charge is 2.56. The number of ether oxygens (including phenoxy) is 4. The summed E-state index contributed by atoms with van der Waals surface area (Å²) in [6.45, 7) is 17.5. The quantitative estimate of drug-likeness (QED) is 0.146. The van der Waals surface area contributed by atoms with Crippen LogP contribution in [0.15, 0.2) is 23.8 Å². The van der Waals surface area contributed by atoms with Gasteiger partial charge in [-0.1, -0.05) is 45.9 Å². The standard InChI is InChI=1S/C34H58N2O8/c1-10-28(41-9)25(7)31-34(8,44-31)21-22(4)14-13-15-23(5)30-24(6)16-17-26(43-30)20-29(37)35-27(32(38)39)18-19-42-33(40)36(11-2)12-3/h13-15,22,24-28,30-31H,10-12,16-21H2,1-9H3,(H,35,37)(H,38,39)/b14-13+,23-15+/t22-,24+,25-,26-,27+,28+,30-,31-,34-/m1/s1. The SMILES string of the molecule is CC[C@H](OC)[C@@H](C)[C@H]1O[C@]1(C)C[C@H](C)/C=C/C=C(\C)[C@H]1O[C@@H](CC(=O)N[C@@H](CCOC(=O)N(CC)CC)C(=O)O)CC[C@@H]1C. The minimum atomic E-state index is -1.17. The summed E-state index contributed by atoms with van der Waals surface area (Å²) in [7, 11) is 1.77. The van der Waals surface area contributed by atoms with E-state index in [0.29, 0.717) is 30.8 Å². The van der Waals surface area contributed by atoms with Crippen LogP contribution in [-0.2, 0) is 28.5 Å². The predicted molar refractivity (Wildman–Crippen MR) is 170 cm³/mol. The molecule has 0 aromatic heterocycles. The second-order valence-corrected chi connectivity index (χ2v) is 12.8. The lowest BCUT2D eigenvalue weighted by Crippen LogP contribution is -2.44. The molecule has 0 saturated carbocycles. The van der Waals surface area contributed by atoms with Gasteiger partial charge in [-0.25, -0.2) is 9.59 Å². The van der Waals surface area contributed by atoms with E-state index in [1.54, 1.807) is 7.11 Å². The topological polar surface area (TPSA) is 127 Å². The molecule has 2 N–H and O–H groups in total. The Labute approximate surface area is 264 Å². The first kappa shape index (κ1) is 37.8. The number of hydrogen-bond donors (Lipinski definition) is 2. The molecule has 2 aliphatic rings. The van der Waals surface area contributed by atoms with Gasteiger partial charge in [-0.05, 0) is 70.8 Å². The summed E-state index contributed by atoms with van der Waals surface area (Å²) in [5.41, 5.74) is 0.966. The molecular formula is C34H58N2O8. The first-order valence-electron chi connectivity index (χ1n) is 16.4. The normalized spacial score (nSPS) is 28.2. The molecule has 44 heavy (non-hydrogen) atoms. The van der Waals surface area contributed by atoms with Crippen molar-refractivity contribution in [2.45, 2.75) is 130 Å². The van der Waals surface area contributed by atoms with Gasteiger partial charge in [0.05, 0.1) is 43.0 Å². The fourth-order valence-electron chi connectivity index (χ4n) is 6.50. The summed E-state index contributed by atoms with van der Waals surface area (Å²) in [5.74, 6) is -0.559. The summed E-state index contributed by atoms with van der Waals surface area (Å²) < 4.78 is 23.3. The summed E-state index contributed by atoms with van der Waals surface area (Å²) in [6, 6.07) is -1.14. The molecule has 0 spiro atoms. The molecule has 0 radical (unpaired) electrons. The maximum absolute atomic E-state index is 12.8. The fraction of sp³-hybridized carbons (Fsp3) is 0.794. The van der Waals surface area contributed by atoms with Crippen molar-refractivity contribution in [2.24, 2.45) is 17.8 Å². The van der Waals surface area contributed by atoms with Crippen LogP contribution in [0.25, 0.3) is 0 Å². The van der Waals surface area contributed by atoms with Gasteiger partial charge in [0.15, 0.2) is 0 Å². The fourth-order valence-corrected chi connectivity index (χ4v) is 6.50. The number of aliphatic carboxylic acids is 1. The lowest BCUT2D eigenvalue weighted by Gasteiger charge is -2.35. The van der Waals surface area contributed by atoms with Gasteiger partial charge in [0.1, 0.15) is 6.04 Å². The molecule has 9 atom stereocenters. The minimum Gasteiger partial charge on any atom is -0.480 e. The second-order valence-electron chi connectivity index (χ2n) is 12.8. The van der Waals surface area contributed by atoms with E-state index in [9.17, 15) is 19.5 Å². The average molecular weight is 623 g/mol. The monoisotopic (exact) mass is 622 g/mol. The number of carbonyl (C=O) groups excluding carboxylic acids is 2. The molecule has 2 rings (SSSR count). The van der Waals surface area contributed by atoms with Crippen molar-refractivity contribution in [1.29, 1.82) is 0 Å². The molecule has 0 aromatic carbocycles. The average Bonchev–Trinajstić information content (AvgIpc) is 3.64. The lowest BCUT2D eigenvalue weighted by molar-refractivity contribution is -0.143. The van der Waals surface area contributed by atoms with E-state index in [4.69, 9.17) is 18.9 Å². The van der Waals surface area contributed by atoms with Gasteiger partial charge in [-0.2, -0.15) is 0 Å². The zero-order chi connectivity index (χ0) is 33.0. The number of hydrogen-bond acceptors (Lipinski definition) is 7. The van der Waals surface area contributed by atoms with Gasteiger partial charge >= 0.3 is 12.1 Å². The number of amides is 2. The largest absolute Gasteiger partial charge is 0.480 e. The number of nitrogens with zero attached hydrogens (tertiary/aromatic N) is 1. The Kier molecular flexibility index (Phi) is 15.4. The Morgan fingerprint density at radius 2 is 1.84 bits per heavy atom. The third-order valence-electron chi connectivity index (χ3n) is 9.18. The summed E-state index contributed by atoms with van der Waals surface area (Å²) in [5, 5.41) is 12.2. The molecule has 0 aliphatic carbocycles. The molecule has 2 saturated heterocycles. The minimum absolute atomic E-state index is 0.0107. The van der Waals surface area contributed by atoms with Crippen molar-refractivity contribution in [3.8, 4) is 0 Å². The Balaban J connectivity index is 1.86. The molecule has 2 heterocycles. The van der Waals surface area contributed by atoms with E-state index >= 15 is 0 Å². The van der Waals surface area contributed by atoms with Crippen molar-refractivity contribution in [3.63, 3.8) is 0 Å². The molecule has 0 unspecified atom stereocenters. The summed E-state index contributed by atoms with van der Waals surface area (Å²) in [4.78, 5) is 38.0. The number of nitrogens with one attached hydrogen (secondary N) is 1. The molecular weight excluding hydrogens is 564 g/mol. The molecule has 0 aromatic rings. The molecule has 252 valence electrons. The van der Waals surface area contributed by atoms with Gasteiger partial charge in [-0.3, -0.25) is 4.79 Å². The van der Waals surface area contributed by atoms with Crippen molar-refractivity contribution in [3.05, 3.63) is 23.8 Å². The highest BCUT2D eigenvalue weighted by atomic mass is 16.6. The van der Waals surface area contributed by atoms with Gasteiger partial charge in [-0.15, -0.1) is 0 Å². The molecule has 10 nitrogen and oxygen atoms in total. The smallest absolute Gasteiger partial charge is 0.409 e. The molecule has 2 aliphatic heterocycles. The van der Waals surface area contributed by atoms with Crippen LogP contribution in [0.3, 0.4) is 0 Å². The second kappa shape index (κ2) is 17.9. The number of rotatable bonds is 18. The van der Waals surface area contributed by atoms with E-state index in [2.05, 4.69) is 65.1 Å². The van der Waals surface area contributed by atoms with Crippen molar-refractivity contribution in [1.82, 2.24) is 10.2 Å². The van der Waals surface area contributed by atoms with Crippen LogP contribution in [0.1, 0.15) is 93.9 Å². The van der Waals surface area contributed by atoms with Crippen LogP contribution in [-0.4, -0.2) is 90.8 Å². The van der Waals surface area contributed by atoms with E-state index in [-0.39, 0.29) is 55.4 Å². The molecule has 10 heteroatoms. The van der Waals surface area contributed by atoms with Crippen molar-refractivity contribution < 1.29 is 38.4 Å².